The fourth-order valence-electron chi connectivity index (χ4n) is 1.91. The molecule has 0 aliphatic carbocycles. The summed E-state index contributed by atoms with van der Waals surface area (Å²) in [6.45, 7) is 2.64. The summed E-state index contributed by atoms with van der Waals surface area (Å²) in [7, 11) is 0. The molecule has 0 N–H and O–H groups in total. The Morgan fingerprint density at radius 1 is 1.59 bits per heavy atom. The molecule has 2 rings (SSSR count). The van der Waals surface area contributed by atoms with E-state index in [-0.39, 0.29) is 30.9 Å². The van der Waals surface area contributed by atoms with Crippen molar-refractivity contribution in [1.29, 1.82) is 0 Å². The van der Waals surface area contributed by atoms with Crippen molar-refractivity contribution in [3.05, 3.63) is 0 Å². The molecule has 0 aromatic carbocycles. The molecule has 17 heavy (non-hydrogen) atoms. The molecular formula is C11H16N2O4. The third-order valence-corrected chi connectivity index (χ3v) is 2.74. The van der Waals surface area contributed by atoms with Crippen molar-refractivity contribution in [2.45, 2.75) is 38.8 Å². The Morgan fingerprint density at radius 2 is 2.41 bits per heavy atom. The van der Waals surface area contributed by atoms with Crippen molar-refractivity contribution in [2.24, 2.45) is 5.10 Å². The van der Waals surface area contributed by atoms with Gasteiger partial charge in [0.15, 0.2) is 11.9 Å². The summed E-state index contributed by atoms with van der Waals surface area (Å²) in [5.74, 6) is -0.709. The van der Waals surface area contributed by atoms with Crippen LogP contribution >= 0.6 is 0 Å². The highest BCUT2D eigenvalue weighted by atomic mass is 16.5. The molecular weight excluding hydrogens is 224 g/mol. The van der Waals surface area contributed by atoms with Gasteiger partial charge >= 0.3 is 5.97 Å². The number of carbonyl (C=O) groups excluding carboxylic acids is 2. The van der Waals surface area contributed by atoms with Gasteiger partial charge in [0.1, 0.15) is 0 Å². The first-order valence-corrected chi connectivity index (χ1v) is 5.90. The highest BCUT2D eigenvalue weighted by Gasteiger charge is 2.34. The van der Waals surface area contributed by atoms with Crippen LogP contribution in [0, 0.1) is 0 Å². The second kappa shape index (κ2) is 5.27. The molecule has 2 aliphatic heterocycles. The van der Waals surface area contributed by atoms with E-state index >= 15 is 0 Å². The number of hydrogen-bond donors (Lipinski definition) is 0. The Labute approximate surface area is 99.6 Å². The molecule has 6 heteroatoms. The minimum absolute atomic E-state index is 0.0126. The van der Waals surface area contributed by atoms with E-state index in [1.807, 2.05) is 0 Å². The lowest BCUT2D eigenvalue weighted by Gasteiger charge is -2.27. The molecule has 2 heterocycles. The SMILES string of the molecule is CCOC(=O)C1=NN(C2CCCCO2)C(=O)C1. The average Bonchev–Trinajstić information content (AvgIpc) is 2.73. The van der Waals surface area contributed by atoms with E-state index in [4.69, 9.17) is 9.47 Å². The third-order valence-electron chi connectivity index (χ3n) is 2.74. The van der Waals surface area contributed by atoms with Crippen LogP contribution in [-0.4, -0.2) is 42.0 Å². The van der Waals surface area contributed by atoms with Crippen LogP contribution < -0.4 is 0 Å². The number of rotatable bonds is 3. The monoisotopic (exact) mass is 240 g/mol. The van der Waals surface area contributed by atoms with Gasteiger partial charge in [0.05, 0.1) is 13.0 Å². The lowest BCUT2D eigenvalue weighted by Crippen LogP contribution is -2.37. The molecule has 94 valence electrons. The number of hydrazone groups is 1. The van der Waals surface area contributed by atoms with E-state index in [1.165, 1.54) is 5.01 Å². The van der Waals surface area contributed by atoms with Crippen molar-refractivity contribution in [2.75, 3.05) is 13.2 Å². The number of nitrogens with zero attached hydrogens (tertiary/aromatic N) is 2. The summed E-state index contributed by atoms with van der Waals surface area (Å²) in [6, 6.07) is 0. The first-order chi connectivity index (χ1) is 8.22. The standard InChI is InChI=1S/C11H16N2O4/c1-2-16-11(15)8-7-9(14)13(12-8)10-5-3-4-6-17-10/h10H,2-7H2,1H3. The zero-order chi connectivity index (χ0) is 12.3. The van der Waals surface area contributed by atoms with Crippen LogP contribution in [0.1, 0.15) is 32.6 Å². The summed E-state index contributed by atoms with van der Waals surface area (Å²) in [5.41, 5.74) is 0.172. The van der Waals surface area contributed by atoms with Gasteiger partial charge in [-0.15, -0.1) is 0 Å². The highest BCUT2D eigenvalue weighted by molar-refractivity contribution is 6.41. The van der Waals surface area contributed by atoms with E-state index in [0.29, 0.717) is 6.61 Å². The Bertz CT molecular complexity index is 347. The van der Waals surface area contributed by atoms with Gasteiger partial charge in [-0.25, -0.2) is 9.80 Å². The van der Waals surface area contributed by atoms with Crippen molar-refractivity contribution in [1.82, 2.24) is 5.01 Å². The van der Waals surface area contributed by atoms with Crippen molar-refractivity contribution in [3.8, 4) is 0 Å². The Hall–Kier alpha value is -1.43. The molecule has 0 saturated carbocycles. The second-order valence-electron chi connectivity index (χ2n) is 4.00. The van der Waals surface area contributed by atoms with Gasteiger partial charge in [0.2, 0.25) is 0 Å². The summed E-state index contributed by atoms with van der Waals surface area (Å²) in [5, 5.41) is 5.30. The molecule has 2 aliphatic rings. The van der Waals surface area contributed by atoms with Gasteiger partial charge in [-0.05, 0) is 26.2 Å². The molecule has 1 atom stereocenters. The predicted molar refractivity (Wildman–Crippen MR) is 59.1 cm³/mol. The highest BCUT2D eigenvalue weighted by Crippen LogP contribution is 2.21. The first-order valence-electron chi connectivity index (χ1n) is 5.90. The number of amides is 1. The minimum Gasteiger partial charge on any atom is -0.461 e. The van der Waals surface area contributed by atoms with Crippen LogP contribution in [0.2, 0.25) is 0 Å². The van der Waals surface area contributed by atoms with Crippen molar-refractivity contribution >= 4 is 17.6 Å². The fraction of sp³-hybridized carbons (Fsp3) is 0.727. The number of esters is 1. The number of ether oxygens (including phenoxy) is 2. The fourth-order valence-corrected chi connectivity index (χ4v) is 1.91. The third kappa shape index (κ3) is 2.63. The van der Waals surface area contributed by atoms with Crippen LogP contribution in [0.3, 0.4) is 0 Å². The lowest BCUT2D eigenvalue weighted by atomic mass is 10.2. The van der Waals surface area contributed by atoms with Gasteiger partial charge in [0, 0.05) is 6.61 Å². The lowest BCUT2D eigenvalue weighted by molar-refractivity contribution is -0.147. The predicted octanol–water partition coefficient (Wildman–Crippen LogP) is 0.664. The van der Waals surface area contributed by atoms with E-state index in [0.717, 1.165) is 19.3 Å². The normalized spacial score (nSPS) is 24.8. The van der Waals surface area contributed by atoms with E-state index in [1.54, 1.807) is 6.92 Å². The second-order valence-corrected chi connectivity index (χ2v) is 4.00. The maximum Gasteiger partial charge on any atom is 0.355 e. The molecule has 0 aromatic rings. The largest absolute Gasteiger partial charge is 0.461 e. The van der Waals surface area contributed by atoms with Gasteiger partial charge < -0.3 is 9.47 Å². The van der Waals surface area contributed by atoms with Gasteiger partial charge in [-0.2, -0.15) is 5.10 Å². The van der Waals surface area contributed by atoms with Crippen LogP contribution in [-0.2, 0) is 19.1 Å². The molecule has 1 amide bonds. The van der Waals surface area contributed by atoms with Gasteiger partial charge in [-0.1, -0.05) is 0 Å². The molecule has 0 spiro atoms. The summed E-state index contributed by atoms with van der Waals surface area (Å²) in [4.78, 5) is 23.2. The topological polar surface area (TPSA) is 68.2 Å². The van der Waals surface area contributed by atoms with Crippen LogP contribution in [0.5, 0.6) is 0 Å². The zero-order valence-corrected chi connectivity index (χ0v) is 9.85. The van der Waals surface area contributed by atoms with Crippen LogP contribution in [0.25, 0.3) is 0 Å². The molecule has 0 radical (unpaired) electrons. The van der Waals surface area contributed by atoms with Gasteiger partial charge in [0.25, 0.3) is 5.91 Å². The van der Waals surface area contributed by atoms with Crippen LogP contribution in [0.4, 0.5) is 0 Å². The number of carbonyl (C=O) groups is 2. The average molecular weight is 240 g/mol. The molecule has 6 nitrogen and oxygen atoms in total. The maximum absolute atomic E-state index is 11.7. The van der Waals surface area contributed by atoms with E-state index in [9.17, 15) is 9.59 Å². The quantitative estimate of drug-likeness (QED) is 0.680. The summed E-state index contributed by atoms with van der Waals surface area (Å²) >= 11 is 0. The Morgan fingerprint density at radius 3 is 3.06 bits per heavy atom. The van der Waals surface area contributed by atoms with Crippen molar-refractivity contribution in [3.63, 3.8) is 0 Å². The molecule has 1 fully saturated rings. The van der Waals surface area contributed by atoms with E-state index < -0.39 is 5.97 Å². The minimum atomic E-state index is -0.515. The number of hydrogen-bond acceptors (Lipinski definition) is 5. The van der Waals surface area contributed by atoms with E-state index in [2.05, 4.69) is 5.10 Å². The smallest absolute Gasteiger partial charge is 0.355 e. The Kier molecular flexibility index (Phi) is 3.73. The first kappa shape index (κ1) is 12.0. The summed E-state index contributed by atoms with van der Waals surface area (Å²) < 4.78 is 10.3. The molecule has 0 aromatic heterocycles. The zero-order valence-electron chi connectivity index (χ0n) is 9.85. The Balaban J connectivity index is 2.02. The van der Waals surface area contributed by atoms with Crippen LogP contribution in [0.15, 0.2) is 5.10 Å². The van der Waals surface area contributed by atoms with Gasteiger partial charge in [-0.3, -0.25) is 4.79 Å². The summed E-state index contributed by atoms with van der Waals surface area (Å²) in [6.07, 6.45) is 2.48. The molecule has 0 bridgehead atoms. The molecule has 1 unspecified atom stereocenters. The molecule has 1 saturated heterocycles. The van der Waals surface area contributed by atoms with Crippen molar-refractivity contribution < 1.29 is 19.1 Å². The maximum atomic E-state index is 11.7.